The minimum absolute atomic E-state index is 0.431. The monoisotopic (exact) mass is 839 g/mol. The topological polar surface area (TPSA) is 9.23 Å². The van der Waals surface area contributed by atoms with Crippen molar-refractivity contribution in [3.8, 4) is 0 Å². The second-order valence-corrected chi connectivity index (χ2v) is 19.8. The van der Waals surface area contributed by atoms with Crippen LogP contribution in [0.3, 0.4) is 0 Å². The summed E-state index contributed by atoms with van der Waals surface area (Å²) >= 11 is 0. The molecule has 0 radical (unpaired) electrons. The molecule has 0 aromatic heterocycles. The molecule has 0 amide bonds. The van der Waals surface area contributed by atoms with Gasteiger partial charge in [0.25, 0.3) is 0 Å². The second-order valence-electron chi connectivity index (χ2n) is 19.8. The minimum Gasteiger partial charge on any atom is -0.359 e. The summed E-state index contributed by atoms with van der Waals surface area (Å²) in [6, 6.07) is 22.1. The van der Waals surface area contributed by atoms with E-state index in [-0.39, 0.29) is 0 Å². The number of hydrogen-bond acceptors (Lipinski definition) is 1. The van der Waals surface area contributed by atoms with E-state index in [1.807, 2.05) is 0 Å². The average molecular weight is 839 g/mol. The number of hydrogen-bond donors (Lipinski definition) is 0. The van der Waals surface area contributed by atoms with Crippen LogP contribution in [0.15, 0.2) is 85.0 Å². The fraction of sp³-hybridized carbons (Fsp3) is 0.733. The van der Waals surface area contributed by atoms with Crippen LogP contribution in [0.25, 0.3) is 0 Å². The Kier molecular flexibility index (Phi) is 33.6. The van der Waals surface area contributed by atoms with Crippen molar-refractivity contribution < 1.29 is 4.74 Å². The Morgan fingerprint density at radius 1 is 0.344 bits per heavy atom. The molecule has 2 unspecified atom stereocenters. The van der Waals surface area contributed by atoms with E-state index < -0.39 is 11.2 Å². The lowest BCUT2D eigenvalue weighted by Crippen LogP contribution is -2.49. The Labute approximate surface area is 382 Å². The van der Waals surface area contributed by atoms with E-state index in [9.17, 15) is 0 Å². The Balaban J connectivity index is 1.89. The minimum atomic E-state index is -0.431. The maximum atomic E-state index is 7.82. The Hall–Kier alpha value is -2.12. The third-order valence-electron chi connectivity index (χ3n) is 14.0. The molecule has 1 nitrogen and oxygen atoms in total. The van der Waals surface area contributed by atoms with Crippen LogP contribution < -0.4 is 0 Å². The lowest BCUT2D eigenvalue weighted by atomic mass is 9.78. The summed E-state index contributed by atoms with van der Waals surface area (Å²) in [6.07, 6.45) is 51.1. The van der Waals surface area contributed by atoms with Gasteiger partial charge in [-0.3, -0.25) is 0 Å². The molecular weight excluding hydrogens is 737 g/mol. The molecule has 2 atom stereocenters. The Bertz CT molecular complexity index is 1180. The standard InChI is InChI=1S/C60H102O/c1-7-9-11-13-15-17-19-21-23-25-27-29-31-33-35-37-45-51-59(55(3)4,53-57-47-41-39-42-48-57)61-60(56(5)6,54-58-49-43-40-44-50-58)52-46-38-36-34-32-30-28-26-24-22-20-18-16-14-12-10-8-2/h39-44,47-50H,3,5,7-38,45-46,51-54H2,1-2,4,6H3. The molecule has 0 spiro atoms. The summed E-state index contributed by atoms with van der Waals surface area (Å²) in [6.45, 7) is 18.5. The molecule has 0 aliphatic carbocycles. The van der Waals surface area contributed by atoms with E-state index in [1.165, 1.54) is 229 Å². The number of ether oxygens (including phenoxy) is 1. The van der Waals surface area contributed by atoms with Crippen LogP contribution in [0.5, 0.6) is 0 Å². The van der Waals surface area contributed by atoms with Crippen molar-refractivity contribution in [2.45, 2.75) is 283 Å². The number of unbranched alkanes of at least 4 members (excludes halogenated alkanes) is 32. The first kappa shape index (κ1) is 55.0. The maximum absolute atomic E-state index is 7.82. The number of rotatable bonds is 44. The van der Waals surface area contributed by atoms with Gasteiger partial charge in [-0.05, 0) is 49.0 Å². The number of benzene rings is 2. The average Bonchev–Trinajstić information content (AvgIpc) is 3.26. The summed E-state index contributed by atoms with van der Waals surface area (Å²) in [5.74, 6) is 0. The van der Waals surface area contributed by atoms with Crippen LogP contribution in [0.2, 0.25) is 0 Å². The normalized spacial score (nSPS) is 13.6. The highest BCUT2D eigenvalue weighted by atomic mass is 16.5. The Morgan fingerprint density at radius 3 is 0.770 bits per heavy atom. The van der Waals surface area contributed by atoms with Gasteiger partial charge < -0.3 is 4.74 Å². The molecule has 348 valence electrons. The molecular formula is C60H102O. The molecule has 0 heterocycles. The van der Waals surface area contributed by atoms with Gasteiger partial charge in [-0.25, -0.2) is 0 Å². The molecule has 2 aromatic carbocycles. The molecule has 0 saturated heterocycles. The molecule has 0 fully saturated rings. The molecule has 0 bridgehead atoms. The van der Waals surface area contributed by atoms with E-state index in [1.54, 1.807) is 0 Å². The van der Waals surface area contributed by atoms with Gasteiger partial charge in [0.15, 0.2) is 0 Å². The van der Waals surface area contributed by atoms with E-state index in [2.05, 4.69) is 88.4 Å². The molecule has 2 rings (SSSR count). The SMILES string of the molecule is C=C(C)C(CCCCCCCCCCCCCCCCCCC)(Cc1ccccc1)OC(CCCCCCCCCCCCCCCCCCC)(Cc1ccccc1)C(=C)C. The third-order valence-corrected chi connectivity index (χ3v) is 14.0. The van der Waals surface area contributed by atoms with Crippen molar-refractivity contribution in [2.24, 2.45) is 0 Å². The highest BCUT2D eigenvalue weighted by molar-refractivity contribution is 5.27. The van der Waals surface area contributed by atoms with Gasteiger partial charge in [0.05, 0.1) is 11.2 Å². The van der Waals surface area contributed by atoms with Gasteiger partial charge in [0.1, 0.15) is 0 Å². The molecule has 0 N–H and O–H groups in total. The largest absolute Gasteiger partial charge is 0.359 e. The van der Waals surface area contributed by atoms with Crippen LogP contribution in [-0.4, -0.2) is 11.2 Å². The molecule has 0 saturated carbocycles. The van der Waals surface area contributed by atoms with Gasteiger partial charge in [-0.15, -0.1) is 0 Å². The highest BCUT2D eigenvalue weighted by Crippen LogP contribution is 2.42. The zero-order valence-corrected chi connectivity index (χ0v) is 41.5. The molecule has 2 aromatic rings. The van der Waals surface area contributed by atoms with Gasteiger partial charge in [0, 0.05) is 12.8 Å². The van der Waals surface area contributed by atoms with Crippen LogP contribution in [0, 0.1) is 0 Å². The van der Waals surface area contributed by atoms with E-state index in [0.29, 0.717) is 0 Å². The molecule has 0 aliphatic heterocycles. The van der Waals surface area contributed by atoms with Crippen LogP contribution in [0.1, 0.15) is 270 Å². The van der Waals surface area contributed by atoms with Crippen LogP contribution >= 0.6 is 0 Å². The summed E-state index contributed by atoms with van der Waals surface area (Å²) in [5, 5.41) is 0. The van der Waals surface area contributed by atoms with Crippen molar-refractivity contribution in [1.29, 1.82) is 0 Å². The van der Waals surface area contributed by atoms with E-state index >= 15 is 0 Å². The smallest absolute Gasteiger partial charge is 0.0938 e. The first-order valence-corrected chi connectivity index (χ1v) is 27.0. The van der Waals surface area contributed by atoms with E-state index in [0.717, 1.165) is 36.8 Å². The van der Waals surface area contributed by atoms with Crippen molar-refractivity contribution >= 4 is 0 Å². The van der Waals surface area contributed by atoms with Crippen molar-refractivity contribution in [3.05, 3.63) is 96.1 Å². The van der Waals surface area contributed by atoms with Crippen molar-refractivity contribution in [3.63, 3.8) is 0 Å². The Morgan fingerprint density at radius 2 is 0.557 bits per heavy atom. The zero-order valence-electron chi connectivity index (χ0n) is 41.5. The van der Waals surface area contributed by atoms with Crippen molar-refractivity contribution in [1.82, 2.24) is 0 Å². The van der Waals surface area contributed by atoms with Crippen LogP contribution in [-0.2, 0) is 17.6 Å². The summed E-state index contributed by atoms with van der Waals surface area (Å²) < 4.78 is 7.82. The highest BCUT2D eigenvalue weighted by Gasteiger charge is 2.43. The van der Waals surface area contributed by atoms with Gasteiger partial charge in [-0.2, -0.15) is 0 Å². The second kappa shape index (κ2) is 37.3. The molecule has 1 heteroatoms. The summed E-state index contributed by atoms with van der Waals surface area (Å²) in [5.41, 5.74) is 4.14. The maximum Gasteiger partial charge on any atom is 0.0938 e. The predicted molar refractivity (Wildman–Crippen MR) is 274 cm³/mol. The molecule has 0 aliphatic rings. The van der Waals surface area contributed by atoms with Crippen LogP contribution in [0.4, 0.5) is 0 Å². The first-order valence-electron chi connectivity index (χ1n) is 27.0. The van der Waals surface area contributed by atoms with E-state index in [4.69, 9.17) is 17.9 Å². The lowest BCUT2D eigenvalue weighted by molar-refractivity contribution is -0.128. The summed E-state index contributed by atoms with van der Waals surface area (Å²) in [7, 11) is 0. The predicted octanol–water partition coefficient (Wildman–Crippen LogP) is 20.2. The zero-order chi connectivity index (χ0) is 44.0. The fourth-order valence-electron chi connectivity index (χ4n) is 9.75. The molecule has 61 heavy (non-hydrogen) atoms. The van der Waals surface area contributed by atoms with Crippen molar-refractivity contribution in [2.75, 3.05) is 0 Å². The van der Waals surface area contributed by atoms with Gasteiger partial charge in [0.2, 0.25) is 0 Å². The van der Waals surface area contributed by atoms with Gasteiger partial charge >= 0.3 is 0 Å². The van der Waals surface area contributed by atoms with Gasteiger partial charge in [-0.1, -0.05) is 306 Å². The third kappa shape index (κ3) is 27.0. The quantitative estimate of drug-likeness (QED) is 0.0477. The lowest BCUT2D eigenvalue weighted by Gasteiger charge is -2.46. The first-order chi connectivity index (χ1) is 29.9. The summed E-state index contributed by atoms with van der Waals surface area (Å²) in [4.78, 5) is 0. The fourth-order valence-corrected chi connectivity index (χ4v) is 9.75.